The molecule has 0 aromatic rings. The Morgan fingerprint density at radius 2 is 1.83 bits per heavy atom. The summed E-state index contributed by atoms with van der Waals surface area (Å²) in [6.45, 7) is 4.28. The van der Waals surface area contributed by atoms with Gasteiger partial charge in [-0.2, -0.15) is 0 Å². The summed E-state index contributed by atoms with van der Waals surface area (Å²) in [4.78, 5) is 23.0. The fourth-order valence-electron chi connectivity index (χ4n) is 3.14. The Morgan fingerprint density at radius 3 is 2.33 bits per heavy atom. The van der Waals surface area contributed by atoms with Crippen molar-refractivity contribution in [2.45, 2.75) is 39.5 Å². The molecule has 18 heavy (non-hydrogen) atoms. The van der Waals surface area contributed by atoms with E-state index in [1.54, 1.807) is 0 Å². The van der Waals surface area contributed by atoms with Crippen LogP contribution in [0.5, 0.6) is 0 Å². The van der Waals surface area contributed by atoms with Crippen LogP contribution >= 0.6 is 0 Å². The number of fused-ring (bicyclic) bond motifs is 1. The van der Waals surface area contributed by atoms with Gasteiger partial charge in [-0.05, 0) is 43.4 Å². The Kier molecular flexibility index (Phi) is 3.93. The van der Waals surface area contributed by atoms with Gasteiger partial charge in [0.25, 0.3) is 0 Å². The van der Waals surface area contributed by atoms with Crippen molar-refractivity contribution in [1.82, 2.24) is 5.32 Å². The maximum Gasteiger partial charge on any atom is 0.308 e. The molecule has 1 amide bonds. The molecule has 0 aromatic carbocycles. The lowest BCUT2D eigenvalue weighted by Crippen LogP contribution is -2.36. The normalized spacial score (nSPS) is 30.9. The van der Waals surface area contributed by atoms with Crippen LogP contribution in [0.15, 0.2) is 0 Å². The summed E-state index contributed by atoms with van der Waals surface area (Å²) in [5.74, 6) is 0.850. The van der Waals surface area contributed by atoms with Crippen molar-refractivity contribution in [3.05, 3.63) is 0 Å². The number of carbonyl (C=O) groups is 2. The number of nitrogens with one attached hydrogen (secondary N) is 1. The number of aliphatic carboxylic acids is 1. The number of carboxylic acids is 1. The third kappa shape index (κ3) is 3.24. The maximum atomic E-state index is 11.9. The van der Waals surface area contributed by atoms with Crippen molar-refractivity contribution < 1.29 is 14.7 Å². The van der Waals surface area contributed by atoms with Crippen LogP contribution in [0, 0.1) is 29.6 Å². The topological polar surface area (TPSA) is 66.4 Å². The predicted molar refractivity (Wildman–Crippen MR) is 67.9 cm³/mol. The Hall–Kier alpha value is -1.06. The molecule has 0 bridgehead atoms. The lowest BCUT2D eigenvalue weighted by Gasteiger charge is -2.17. The molecule has 2 saturated carbocycles. The zero-order valence-corrected chi connectivity index (χ0v) is 11.2. The maximum absolute atomic E-state index is 11.9. The molecule has 3 atom stereocenters. The van der Waals surface area contributed by atoms with E-state index in [-0.39, 0.29) is 18.4 Å². The number of carbonyl (C=O) groups excluding carboxylic acids is 1. The molecule has 4 nitrogen and oxygen atoms in total. The van der Waals surface area contributed by atoms with Crippen LogP contribution < -0.4 is 5.32 Å². The van der Waals surface area contributed by atoms with E-state index in [4.69, 9.17) is 5.11 Å². The first-order valence-corrected chi connectivity index (χ1v) is 6.98. The van der Waals surface area contributed by atoms with Crippen molar-refractivity contribution in [3.63, 3.8) is 0 Å². The molecule has 2 rings (SSSR count). The molecule has 0 heterocycles. The highest BCUT2D eigenvalue weighted by atomic mass is 16.4. The van der Waals surface area contributed by atoms with Gasteiger partial charge in [-0.3, -0.25) is 9.59 Å². The standard InChI is InChI=1S/C14H23NO3/c1-8(2)3-12(14(17)18)7-15-13(16)11-5-9-4-10(9)6-11/h8-12H,3-7H2,1-2H3,(H,15,16)(H,17,18). The van der Waals surface area contributed by atoms with Gasteiger partial charge in [0.1, 0.15) is 0 Å². The molecule has 102 valence electrons. The number of rotatable bonds is 6. The van der Waals surface area contributed by atoms with Gasteiger partial charge in [-0.25, -0.2) is 0 Å². The van der Waals surface area contributed by atoms with Gasteiger partial charge in [0.2, 0.25) is 5.91 Å². The van der Waals surface area contributed by atoms with Gasteiger partial charge in [0, 0.05) is 12.5 Å². The third-order valence-corrected chi connectivity index (χ3v) is 4.24. The average molecular weight is 253 g/mol. The van der Waals surface area contributed by atoms with E-state index < -0.39 is 11.9 Å². The number of amides is 1. The number of hydrogen-bond acceptors (Lipinski definition) is 2. The Morgan fingerprint density at radius 1 is 1.22 bits per heavy atom. The van der Waals surface area contributed by atoms with Crippen molar-refractivity contribution in [1.29, 1.82) is 0 Å². The molecule has 2 aliphatic carbocycles. The van der Waals surface area contributed by atoms with Gasteiger partial charge >= 0.3 is 5.97 Å². The van der Waals surface area contributed by atoms with E-state index in [0.29, 0.717) is 12.3 Å². The average Bonchev–Trinajstić information content (AvgIpc) is 2.90. The smallest absolute Gasteiger partial charge is 0.308 e. The summed E-state index contributed by atoms with van der Waals surface area (Å²) < 4.78 is 0. The van der Waals surface area contributed by atoms with E-state index in [1.165, 1.54) is 6.42 Å². The molecule has 0 radical (unpaired) electrons. The van der Waals surface area contributed by atoms with E-state index in [9.17, 15) is 9.59 Å². The molecule has 2 fully saturated rings. The summed E-state index contributed by atoms with van der Waals surface area (Å²) in [5.41, 5.74) is 0. The van der Waals surface area contributed by atoms with Gasteiger partial charge in [-0.15, -0.1) is 0 Å². The van der Waals surface area contributed by atoms with E-state index in [2.05, 4.69) is 5.32 Å². The van der Waals surface area contributed by atoms with Crippen LogP contribution in [0.25, 0.3) is 0 Å². The highest BCUT2D eigenvalue weighted by molar-refractivity contribution is 5.80. The van der Waals surface area contributed by atoms with Crippen LogP contribution in [0.1, 0.15) is 39.5 Å². The van der Waals surface area contributed by atoms with E-state index in [0.717, 1.165) is 24.7 Å². The van der Waals surface area contributed by atoms with Crippen molar-refractivity contribution in [2.24, 2.45) is 29.6 Å². The minimum atomic E-state index is -0.807. The predicted octanol–water partition coefficient (Wildman–Crippen LogP) is 1.90. The zero-order valence-electron chi connectivity index (χ0n) is 11.2. The Balaban J connectivity index is 1.74. The van der Waals surface area contributed by atoms with Gasteiger partial charge in [0.05, 0.1) is 5.92 Å². The first-order valence-electron chi connectivity index (χ1n) is 6.98. The first-order chi connectivity index (χ1) is 8.47. The van der Waals surface area contributed by atoms with Crippen LogP contribution in [0.2, 0.25) is 0 Å². The molecule has 4 heteroatoms. The van der Waals surface area contributed by atoms with Crippen molar-refractivity contribution in [2.75, 3.05) is 6.54 Å². The fraction of sp³-hybridized carbons (Fsp3) is 0.857. The van der Waals surface area contributed by atoms with Crippen LogP contribution in [-0.4, -0.2) is 23.5 Å². The summed E-state index contributed by atoms with van der Waals surface area (Å²) in [5, 5.41) is 11.9. The Bertz CT molecular complexity index is 330. The first kappa shape index (κ1) is 13.4. The molecule has 0 aromatic heterocycles. The molecule has 0 saturated heterocycles. The highest BCUT2D eigenvalue weighted by Crippen LogP contribution is 2.54. The van der Waals surface area contributed by atoms with Crippen molar-refractivity contribution in [3.8, 4) is 0 Å². The quantitative estimate of drug-likeness (QED) is 0.759. The van der Waals surface area contributed by atoms with E-state index >= 15 is 0 Å². The van der Waals surface area contributed by atoms with Crippen LogP contribution in [-0.2, 0) is 9.59 Å². The minimum Gasteiger partial charge on any atom is -0.481 e. The minimum absolute atomic E-state index is 0.0669. The summed E-state index contributed by atoms with van der Waals surface area (Å²) >= 11 is 0. The molecule has 2 N–H and O–H groups in total. The highest BCUT2D eigenvalue weighted by Gasteiger charge is 2.47. The molecular formula is C14H23NO3. The third-order valence-electron chi connectivity index (χ3n) is 4.24. The van der Waals surface area contributed by atoms with Gasteiger partial charge in [-0.1, -0.05) is 13.8 Å². The second kappa shape index (κ2) is 5.29. The molecule has 2 aliphatic rings. The second-order valence-electron chi connectivity index (χ2n) is 6.33. The largest absolute Gasteiger partial charge is 0.481 e. The molecule has 0 spiro atoms. The fourth-order valence-corrected chi connectivity index (χ4v) is 3.14. The Labute approximate surface area is 108 Å². The van der Waals surface area contributed by atoms with Gasteiger partial charge in [0.15, 0.2) is 0 Å². The number of carboxylic acid groups (broad SMARTS) is 1. The summed E-state index contributed by atoms with van der Waals surface area (Å²) in [7, 11) is 0. The van der Waals surface area contributed by atoms with Crippen molar-refractivity contribution >= 4 is 11.9 Å². The lowest BCUT2D eigenvalue weighted by molar-refractivity contribution is -0.142. The summed E-state index contributed by atoms with van der Waals surface area (Å²) in [6, 6.07) is 0. The zero-order chi connectivity index (χ0) is 13.3. The molecular weight excluding hydrogens is 230 g/mol. The monoisotopic (exact) mass is 253 g/mol. The second-order valence-corrected chi connectivity index (χ2v) is 6.33. The van der Waals surface area contributed by atoms with E-state index in [1.807, 2.05) is 13.8 Å². The lowest BCUT2D eigenvalue weighted by atomic mass is 9.96. The molecule has 3 unspecified atom stereocenters. The number of hydrogen-bond donors (Lipinski definition) is 2. The SMILES string of the molecule is CC(C)CC(CNC(=O)C1CC2CC2C1)C(=O)O. The summed E-state index contributed by atoms with van der Waals surface area (Å²) in [6.07, 6.45) is 3.94. The molecule has 0 aliphatic heterocycles. The van der Waals surface area contributed by atoms with Crippen LogP contribution in [0.4, 0.5) is 0 Å². The van der Waals surface area contributed by atoms with Crippen LogP contribution in [0.3, 0.4) is 0 Å². The van der Waals surface area contributed by atoms with Gasteiger partial charge < -0.3 is 10.4 Å².